The van der Waals surface area contributed by atoms with E-state index in [0.29, 0.717) is 0 Å². The third-order valence-electron chi connectivity index (χ3n) is 9.21. The normalized spacial score (nSPS) is 13.2. The second-order valence-electron chi connectivity index (χ2n) is 16.1. The maximum absolute atomic E-state index is 11.8. The van der Waals surface area contributed by atoms with Crippen LogP contribution in [0.1, 0.15) is 92.9 Å². The van der Waals surface area contributed by atoms with Gasteiger partial charge >= 0.3 is 0 Å². The molecule has 238 valence electrons. The number of rotatable bonds is 4. The minimum absolute atomic E-state index is 0.00618. The standard InChI is InChI=1S/C40H47N5O/c1-37(2,3)26-16-19-42-31(21-26)29-24-44(35-23-41-18-17-28(29)35)40(10,11)45-25-43(32-14-12-13-15-33(32)45)34-22-27(38(4,5)6)20-30(36(34)46)39(7,8)9/h12-24,46H,1-11H3. The zero-order valence-corrected chi connectivity index (χ0v) is 29.2. The van der Waals surface area contributed by atoms with Gasteiger partial charge in [0.05, 0.1) is 34.1 Å². The number of aromatic nitrogens is 5. The van der Waals surface area contributed by atoms with Gasteiger partial charge < -0.3 is 14.2 Å². The van der Waals surface area contributed by atoms with Crippen LogP contribution in [0.15, 0.2) is 79.4 Å². The number of hydrogen-bond donors (Lipinski definition) is 1. The van der Waals surface area contributed by atoms with E-state index in [1.807, 2.05) is 29.2 Å². The lowest BCUT2D eigenvalue weighted by Crippen LogP contribution is -2.56. The zero-order chi connectivity index (χ0) is 33.4. The van der Waals surface area contributed by atoms with E-state index < -0.39 is 5.66 Å². The SMILES string of the molecule is CC(C)(C)c1ccnc(-c2cn(C(C)(C)[n+]3[c-]n(-c4cc(C(C)(C)C)cc(C(C)(C)C)c4O)c4ccccc43)c3cnccc23)c1. The summed E-state index contributed by atoms with van der Waals surface area (Å²) in [5, 5.41) is 12.9. The molecule has 6 nitrogen and oxygen atoms in total. The Balaban J connectivity index is 1.60. The van der Waals surface area contributed by atoms with Gasteiger partial charge in [0.2, 0.25) is 6.33 Å². The fourth-order valence-electron chi connectivity index (χ4n) is 6.33. The largest absolute Gasteiger partial charge is 0.513 e. The summed E-state index contributed by atoms with van der Waals surface area (Å²) in [5.41, 5.74) is 8.07. The van der Waals surface area contributed by atoms with Crippen LogP contribution in [-0.4, -0.2) is 24.2 Å². The molecular weight excluding hydrogens is 566 g/mol. The minimum atomic E-state index is -0.615. The molecule has 1 N–H and O–H groups in total. The van der Waals surface area contributed by atoms with Crippen LogP contribution in [0, 0.1) is 6.33 Å². The zero-order valence-electron chi connectivity index (χ0n) is 29.2. The number of pyridine rings is 2. The van der Waals surface area contributed by atoms with Gasteiger partial charge in [0.1, 0.15) is 5.75 Å². The van der Waals surface area contributed by atoms with Crippen LogP contribution < -0.4 is 4.57 Å². The number of benzene rings is 2. The summed E-state index contributed by atoms with van der Waals surface area (Å²) in [6.07, 6.45) is 11.6. The average Bonchev–Trinajstić information content (AvgIpc) is 3.56. The molecule has 0 fully saturated rings. The van der Waals surface area contributed by atoms with Crippen molar-refractivity contribution in [3.8, 4) is 22.7 Å². The van der Waals surface area contributed by atoms with Crippen molar-refractivity contribution in [2.45, 2.75) is 98.1 Å². The molecule has 0 aliphatic rings. The highest BCUT2D eigenvalue weighted by molar-refractivity contribution is 5.95. The van der Waals surface area contributed by atoms with Gasteiger partial charge in [-0.05, 0) is 65.0 Å². The smallest absolute Gasteiger partial charge is 0.246 e. The molecule has 0 aliphatic carbocycles. The molecule has 4 aromatic heterocycles. The highest BCUT2D eigenvalue weighted by Gasteiger charge is 2.32. The van der Waals surface area contributed by atoms with Crippen molar-refractivity contribution < 1.29 is 9.67 Å². The van der Waals surface area contributed by atoms with Gasteiger partial charge in [-0.15, -0.1) is 0 Å². The van der Waals surface area contributed by atoms with E-state index >= 15 is 0 Å². The molecule has 0 bridgehead atoms. The molecule has 0 unspecified atom stereocenters. The second kappa shape index (κ2) is 10.5. The van der Waals surface area contributed by atoms with E-state index in [1.54, 1.807) is 0 Å². The van der Waals surface area contributed by atoms with Crippen LogP contribution in [0.4, 0.5) is 0 Å². The molecule has 6 rings (SSSR count). The Bertz CT molecular complexity index is 2090. The number of imidazole rings is 1. The lowest BCUT2D eigenvalue weighted by molar-refractivity contribution is -0.744. The Hall–Kier alpha value is -4.45. The van der Waals surface area contributed by atoms with Crippen LogP contribution in [-0.2, 0) is 21.9 Å². The van der Waals surface area contributed by atoms with Crippen molar-refractivity contribution in [2.24, 2.45) is 0 Å². The highest BCUT2D eigenvalue weighted by Crippen LogP contribution is 2.41. The maximum atomic E-state index is 11.8. The minimum Gasteiger partial charge on any atom is -0.513 e. The number of para-hydroxylation sites is 2. The number of hydrogen-bond acceptors (Lipinski definition) is 3. The first-order valence-electron chi connectivity index (χ1n) is 16.1. The van der Waals surface area contributed by atoms with Gasteiger partial charge in [-0.25, -0.2) is 0 Å². The van der Waals surface area contributed by atoms with E-state index in [4.69, 9.17) is 4.98 Å². The maximum Gasteiger partial charge on any atom is 0.246 e. The molecular formula is C40H47N5O. The molecule has 0 atom stereocenters. The van der Waals surface area contributed by atoms with Crippen LogP contribution in [0.5, 0.6) is 5.75 Å². The molecule has 0 spiro atoms. The summed E-state index contributed by atoms with van der Waals surface area (Å²) in [4.78, 5) is 9.36. The Morgan fingerprint density at radius 2 is 1.43 bits per heavy atom. The molecule has 2 aromatic carbocycles. The van der Waals surface area contributed by atoms with Gasteiger partial charge in [0.15, 0.2) is 5.66 Å². The van der Waals surface area contributed by atoms with Gasteiger partial charge in [-0.2, -0.15) is 0 Å². The lowest BCUT2D eigenvalue weighted by Gasteiger charge is -2.28. The van der Waals surface area contributed by atoms with E-state index in [0.717, 1.165) is 44.4 Å². The topological polar surface area (TPSA) is 59.8 Å². The lowest BCUT2D eigenvalue weighted by atomic mass is 9.79. The fourth-order valence-corrected chi connectivity index (χ4v) is 6.33. The number of phenolic OH excluding ortho intramolecular Hbond substituents is 1. The molecule has 0 saturated heterocycles. The second-order valence-corrected chi connectivity index (χ2v) is 16.1. The molecule has 0 saturated carbocycles. The first kappa shape index (κ1) is 31.5. The number of aromatic hydroxyl groups is 1. The van der Waals surface area contributed by atoms with Crippen LogP contribution >= 0.6 is 0 Å². The molecule has 4 heterocycles. The highest BCUT2D eigenvalue weighted by atomic mass is 16.3. The number of phenols is 1. The van der Waals surface area contributed by atoms with E-state index in [2.05, 4.69) is 151 Å². The predicted octanol–water partition coefficient (Wildman–Crippen LogP) is 8.97. The third kappa shape index (κ3) is 5.28. The Kier molecular flexibility index (Phi) is 7.23. The van der Waals surface area contributed by atoms with E-state index in [9.17, 15) is 5.11 Å². The van der Waals surface area contributed by atoms with Crippen molar-refractivity contribution in [1.29, 1.82) is 0 Å². The van der Waals surface area contributed by atoms with E-state index in [1.165, 1.54) is 11.1 Å². The molecule has 0 amide bonds. The molecule has 0 radical (unpaired) electrons. The summed E-state index contributed by atoms with van der Waals surface area (Å²) >= 11 is 0. The van der Waals surface area contributed by atoms with Crippen molar-refractivity contribution >= 4 is 21.9 Å². The first-order chi connectivity index (χ1) is 21.4. The Labute approximate surface area is 273 Å². The molecule has 46 heavy (non-hydrogen) atoms. The van der Waals surface area contributed by atoms with Crippen LogP contribution in [0.3, 0.4) is 0 Å². The summed E-state index contributed by atoms with van der Waals surface area (Å²) in [6.45, 7) is 24.2. The van der Waals surface area contributed by atoms with Gasteiger partial charge in [-0.3, -0.25) is 14.5 Å². The molecule has 6 heteroatoms. The van der Waals surface area contributed by atoms with Crippen LogP contribution in [0.25, 0.3) is 38.9 Å². The first-order valence-corrected chi connectivity index (χ1v) is 16.1. The van der Waals surface area contributed by atoms with Gasteiger partial charge in [-0.1, -0.05) is 98.7 Å². The number of fused-ring (bicyclic) bond motifs is 2. The predicted molar refractivity (Wildman–Crippen MR) is 188 cm³/mol. The summed E-state index contributed by atoms with van der Waals surface area (Å²) in [7, 11) is 0. The van der Waals surface area contributed by atoms with Crippen LogP contribution in [0.2, 0.25) is 0 Å². The molecule has 6 aromatic rings. The van der Waals surface area contributed by atoms with Crippen molar-refractivity contribution in [1.82, 2.24) is 19.1 Å². The van der Waals surface area contributed by atoms with Crippen molar-refractivity contribution in [3.63, 3.8) is 0 Å². The number of nitrogens with zero attached hydrogens (tertiary/aromatic N) is 5. The fraction of sp³-hybridized carbons (Fsp3) is 0.375. The molecule has 0 aliphatic heterocycles. The Morgan fingerprint density at radius 3 is 2.11 bits per heavy atom. The Morgan fingerprint density at radius 1 is 0.739 bits per heavy atom. The summed E-state index contributed by atoms with van der Waals surface area (Å²) in [5.74, 6) is 0.283. The summed E-state index contributed by atoms with van der Waals surface area (Å²) < 4.78 is 6.48. The third-order valence-corrected chi connectivity index (χ3v) is 9.21. The van der Waals surface area contributed by atoms with E-state index in [-0.39, 0.29) is 22.0 Å². The summed E-state index contributed by atoms with van der Waals surface area (Å²) in [6, 6.07) is 19.0. The van der Waals surface area contributed by atoms with Gasteiger partial charge in [0.25, 0.3) is 0 Å². The quantitative estimate of drug-likeness (QED) is 0.159. The van der Waals surface area contributed by atoms with Crippen molar-refractivity contribution in [2.75, 3.05) is 0 Å². The van der Waals surface area contributed by atoms with Crippen molar-refractivity contribution in [3.05, 3.63) is 102 Å². The monoisotopic (exact) mass is 613 g/mol. The average molecular weight is 614 g/mol. The van der Waals surface area contributed by atoms with Gasteiger partial charge in [0, 0.05) is 29.5 Å².